The largest absolute Gasteiger partial charge is 0.310 e. The molecule has 14 rings (SSSR count). The van der Waals surface area contributed by atoms with Crippen molar-refractivity contribution in [2.75, 3.05) is 0 Å². The average Bonchev–Trinajstić information content (AvgIpc) is 3.86. The molecule has 10 aromatic rings. The van der Waals surface area contributed by atoms with Crippen LogP contribution in [-0.2, 0) is 5.41 Å². The molecule has 1 aliphatic carbocycles. The third-order valence-electron chi connectivity index (χ3n) is 13.7. The van der Waals surface area contributed by atoms with Gasteiger partial charge in [0.15, 0.2) is 0 Å². The van der Waals surface area contributed by atoms with Crippen molar-refractivity contribution in [2.45, 2.75) is 19.3 Å². The Kier molecular flexibility index (Phi) is 5.20. The summed E-state index contributed by atoms with van der Waals surface area (Å²) in [6.45, 7) is 4.66. The molecule has 56 heavy (non-hydrogen) atoms. The van der Waals surface area contributed by atoms with Gasteiger partial charge in [-0.1, -0.05) is 157 Å². The highest BCUT2D eigenvalue weighted by molar-refractivity contribution is 7.00. The zero-order chi connectivity index (χ0) is 36.6. The molecule has 3 heteroatoms. The van der Waals surface area contributed by atoms with Crippen molar-refractivity contribution in [3.63, 3.8) is 0 Å². The summed E-state index contributed by atoms with van der Waals surface area (Å²) >= 11 is 0. The predicted octanol–water partition coefficient (Wildman–Crippen LogP) is 10.5. The van der Waals surface area contributed by atoms with Gasteiger partial charge in [-0.15, -0.1) is 0 Å². The normalized spacial score (nSPS) is 14.4. The zero-order valence-electron chi connectivity index (χ0n) is 31.1. The molecule has 1 spiro atoms. The van der Waals surface area contributed by atoms with E-state index in [-0.39, 0.29) is 6.71 Å². The number of aromatic nitrogens is 2. The monoisotopic (exact) mass is 708 g/mol. The summed E-state index contributed by atoms with van der Waals surface area (Å²) in [6, 6.07) is 62.6. The van der Waals surface area contributed by atoms with Gasteiger partial charge in [0.1, 0.15) is 0 Å². The van der Waals surface area contributed by atoms with Crippen LogP contribution in [0.15, 0.2) is 164 Å². The smallest absolute Gasteiger partial charge is 0.252 e. The van der Waals surface area contributed by atoms with Gasteiger partial charge in [-0.25, -0.2) is 0 Å². The molecular formula is C53H33BN2. The van der Waals surface area contributed by atoms with Gasteiger partial charge in [0.25, 0.3) is 6.71 Å². The van der Waals surface area contributed by atoms with E-state index in [1.807, 2.05) is 0 Å². The predicted molar refractivity (Wildman–Crippen MR) is 233 cm³/mol. The number of rotatable bonds is 2. The van der Waals surface area contributed by atoms with Gasteiger partial charge in [-0.3, -0.25) is 0 Å². The first-order valence-corrected chi connectivity index (χ1v) is 19.9. The number of hydrogen-bond acceptors (Lipinski definition) is 0. The lowest BCUT2D eigenvalue weighted by Gasteiger charge is -2.44. The van der Waals surface area contributed by atoms with Crippen molar-refractivity contribution in [2.24, 2.45) is 0 Å². The first kappa shape index (κ1) is 29.5. The second-order valence-electron chi connectivity index (χ2n) is 16.5. The van der Waals surface area contributed by atoms with Crippen LogP contribution >= 0.6 is 0 Å². The lowest BCUT2D eigenvalue weighted by Crippen LogP contribution is -2.60. The lowest BCUT2D eigenvalue weighted by molar-refractivity contribution is 0.748. The molecule has 2 aromatic heterocycles. The summed E-state index contributed by atoms with van der Waals surface area (Å²) < 4.78 is 5.35. The Labute approximate surface area is 325 Å². The highest BCUT2D eigenvalue weighted by atomic mass is 15.1. The Balaban J connectivity index is 1.25. The van der Waals surface area contributed by atoms with Crippen LogP contribution in [0.2, 0.25) is 0 Å². The second kappa shape index (κ2) is 9.87. The summed E-state index contributed by atoms with van der Waals surface area (Å²) in [5.41, 5.74) is 26.3. The molecular weight excluding hydrogens is 675 g/mol. The molecule has 0 fully saturated rings. The molecule has 0 radical (unpaired) electrons. The van der Waals surface area contributed by atoms with Crippen molar-refractivity contribution < 1.29 is 0 Å². The van der Waals surface area contributed by atoms with Crippen LogP contribution in [0.3, 0.4) is 0 Å². The van der Waals surface area contributed by atoms with Gasteiger partial charge in [0.05, 0.1) is 16.6 Å². The van der Waals surface area contributed by atoms with Gasteiger partial charge in [0.2, 0.25) is 0 Å². The van der Waals surface area contributed by atoms with Crippen LogP contribution in [-0.4, -0.2) is 15.8 Å². The van der Waals surface area contributed by atoms with Gasteiger partial charge in [-0.05, 0) is 92.9 Å². The number of benzene rings is 8. The van der Waals surface area contributed by atoms with Gasteiger partial charge in [0, 0.05) is 44.1 Å². The van der Waals surface area contributed by atoms with E-state index in [0.29, 0.717) is 0 Å². The molecule has 0 unspecified atom stereocenters. The number of aryl methyl sites for hydroxylation is 2. The molecule has 8 aromatic carbocycles. The minimum atomic E-state index is -0.469. The number of hydrogen-bond donors (Lipinski definition) is 0. The summed E-state index contributed by atoms with van der Waals surface area (Å²) in [5, 5.41) is 4.03. The highest BCUT2D eigenvalue weighted by Gasteiger charge is 2.54. The SMILES string of the molecule is Cc1cc2c3c(c1)c1cc(C)cc4c1n3-c1c(ccc3c1B2c1cccc2c(-c5ccccc5)c(-c5ccccc5)n-3c12)C41c2ccccc2-c2ccccc21. The first-order valence-electron chi connectivity index (χ1n) is 19.9. The van der Waals surface area contributed by atoms with E-state index in [0.717, 1.165) is 0 Å². The molecule has 0 bridgehead atoms. The van der Waals surface area contributed by atoms with Crippen LogP contribution in [0.5, 0.6) is 0 Å². The van der Waals surface area contributed by atoms with Crippen LogP contribution in [0.4, 0.5) is 0 Å². The molecule has 3 aliphatic heterocycles. The minimum Gasteiger partial charge on any atom is -0.310 e. The Morgan fingerprint density at radius 3 is 1.80 bits per heavy atom. The van der Waals surface area contributed by atoms with Crippen molar-refractivity contribution in [3.8, 4) is 44.9 Å². The van der Waals surface area contributed by atoms with E-state index in [2.05, 4.69) is 187 Å². The molecule has 0 saturated carbocycles. The fraction of sp³-hybridized carbons (Fsp3) is 0.0566. The summed E-state index contributed by atoms with van der Waals surface area (Å²) in [6.07, 6.45) is 0. The maximum absolute atomic E-state index is 2.71. The second-order valence-corrected chi connectivity index (χ2v) is 16.5. The van der Waals surface area contributed by atoms with Crippen molar-refractivity contribution in [3.05, 3.63) is 197 Å². The van der Waals surface area contributed by atoms with Crippen molar-refractivity contribution in [1.29, 1.82) is 0 Å². The number of para-hydroxylation sites is 1. The van der Waals surface area contributed by atoms with Crippen molar-refractivity contribution in [1.82, 2.24) is 9.13 Å². The molecule has 258 valence electrons. The van der Waals surface area contributed by atoms with E-state index in [1.165, 1.54) is 127 Å². The standard InChI is InChI=1S/C53H33BN2/c1-30-26-37-38-27-31(2)29-44-51(38)56-49(37)42(28-30)53(39-21-11-9-18-34(39)35-19-10-12-22-40(35)53)41-24-25-45-47(52(41)56)54(44)43-23-13-20-36-46(32-14-5-3-6-15-32)48(55(45)50(36)43)33-16-7-4-8-17-33/h3-29H,1-2H3. The van der Waals surface area contributed by atoms with E-state index in [4.69, 9.17) is 0 Å². The maximum Gasteiger partial charge on any atom is 0.252 e. The quantitative estimate of drug-likeness (QED) is 0.158. The topological polar surface area (TPSA) is 9.86 Å². The third-order valence-corrected chi connectivity index (χ3v) is 13.7. The molecule has 2 nitrogen and oxygen atoms in total. The summed E-state index contributed by atoms with van der Waals surface area (Å²) in [4.78, 5) is 0. The first-order chi connectivity index (χ1) is 27.6. The Morgan fingerprint density at radius 2 is 1.07 bits per heavy atom. The van der Waals surface area contributed by atoms with E-state index >= 15 is 0 Å². The summed E-state index contributed by atoms with van der Waals surface area (Å²) in [7, 11) is 0. The average molecular weight is 709 g/mol. The molecule has 0 atom stereocenters. The Morgan fingerprint density at radius 1 is 0.446 bits per heavy atom. The molecule has 0 saturated heterocycles. The molecule has 5 heterocycles. The van der Waals surface area contributed by atoms with E-state index in [9.17, 15) is 0 Å². The summed E-state index contributed by atoms with van der Waals surface area (Å²) in [5.74, 6) is 0. The molecule has 0 amide bonds. The molecule has 4 aliphatic rings. The maximum atomic E-state index is 2.71. The Bertz CT molecular complexity index is 3390. The molecule has 0 N–H and O–H groups in total. The fourth-order valence-corrected chi connectivity index (χ4v) is 12.0. The van der Waals surface area contributed by atoms with Gasteiger partial charge < -0.3 is 9.13 Å². The third kappa shape index (κ3) is 3.17. The highest BCUT2D eigenvalue weighted by Crippen LogP contribution is 2.61. The lowest BCUT2D eigenvalue weighted by atomic mass is 9.33. The van der Waals surface area contributed by atoms with E-state index < -0.39 is 5.41 Å². The fourth-order valence-electron chi connectivity index (χ4n) is 12.0. The van der Waals surface area contributed by atoms with Crippen LogP contribution < -0.4 is 16.4 Å². The van der Waals surface area contributed by atoms with Gasteiger partial charge in [-0.2, -0.15) is 0 Å². The van der Waals surface area contributed by atoms with Gasteiger partial charge >= 0.3 is 0 Å². The Hall–Kier alpha value is -6.84. The van der Waals surface area contributed by atoms with E-state index in [1.54, 1.807) is 0 Å². The number of nitrogens with zero attached hydrogens (tertiary/aromatic N) is 2. The van der Waals surface area contributed by atoms with Crippen molar-refractivity contribution >= 4 is 55.8 Å². The minimum absolute atomic E-state index is 0.0732. The van der Waals surface area contributed by atoms with Crippen LogP contribution in [0, 0.1) is 13.8 Å². The number of fused-ring (bicyclic) bond motifs is 11. The van der Waals surface area contributed by atoms with Crippen LogP contribution in [0.25, 0.3) is 77.6 Å². The zero-order valence-corrected chi connectivity index (χ0v) is 31.1. The van der Waals surface area contributed by atoms with Crippen LogP contribution in [0.1, 0.15) is 33.4 Å².